The highest BCUT2D eigenvalue weighted by Gasteiger charge is 2.10. The van der Waals surface area contributed by atoms with Gasteiger partial charge in [-0.25, -0.2) is 0 Å². The van der Waals surface area contributed by atoms with Crippen LogP contribution in [0.2, 0.25) is 0 Å². The SMILES string of the molecule is CCC(CCNC)c1ccc(C)cc1C. The van der Waals surface area contributed by atoms with Gasteiger partial charge in [-0.1, -0.05) is 30.7 Å². The first-order valence-corrected chi connectivity index (χ1v) is 5.90. The van der Waals surface area contributed by atoms with E-state index >= 15 is 0 Å². The van der Waals surface area contributed by atoms with Crippen molar-refractivity contribution in [3.05, 3.63) is 34.9 Å². The summed E-state index contributed by atoms with van der Waals surface area (Å²) in [5.41, 5.74) is 4.33. The molecule has 0 heterocycles. The second kappa shape index (κ2) is 5.92. The number of rotatable bonds is 5. The van der Waals surface area contributed by atoms with Gasteiger partial charge in [0.25, 0.3) is 0 Å². The molecule has 0 saturated carbocycles. The molecule has 0 aliphatic rings. The van der Waals surface area contributed by atoms with Crippen LogP contribution in [0.1, 0.15) is 42.4 Å². The van der Waals surface area contributed by atoms with Crippen molar-refractivity contribution >= 4 is 0 Å². The highest BCUT2D eigenvalue weighted by atomic mass is 14.8. The van der Waals surface area contributed by atoms with Crippen molar-refractivity contribution in [2.45, 2.75) is 39.5 Å². The van der Waals surface area contributed by atoms with E-state index in [-0.39, 0.29) is 0 Å². The van der Waals surface area contributed by atoms with Crippen molar-refractivity contribution < 1.29 is 0 Å². The molecule has 0 radical (unpaired) electrons. The first kappa shape index (κ1) is 12.3. The van der Waals surface area contributed by atoms with E-state index in [2.05, 4.69) is 44.3 Å². The second-order valence-corrected chi connectivity index (χ2v) is 4.36. The summed E-state index contributed by atoms with van der Waals surface area (Å²) in [7, 11) is 2.02. The molecule has 0 aliphatic heterocycles. The molecule has 1 unspecified atom stereocenters. The Hall–Kier alpha value is -0.820. The van der Waals surface area contributed by atoms with Gasteiger partial charge >= 0.3 is 0 Å². The zero-order chi connectivity index (χ0) is 11.3. The van der Waals surface area contributed by atoms with Crippen LogP contribution in [0.15, 0.2) is 18.2 Å². The van der Waals surface area contributed by atoms with Gasteiger partial charge in [0.05, 0.1) is 0 Å². The molecule has 1 N–H and O–H groups in total. The lowest BCUT2D eigenvalue weighted by Crippen LogP contribution is -2.12. The van der Waals surface area contributed by atoms with Gasteiger partial charge in [-0.15, -0.1) is 0 Å². The van der Waals surface area contributed by atoms with Crippen LogP contribution in [0.4, 0.5) is 0 Å². The predicted octanol–water partition coefficient (Wildman–Crippen LogP) is 3.41. The van der Waals surface area contributed by atoms with Gasteiger partial charge in [0, 0.05) is 0 Å². The Labute approximate surface area is 93.9 Å². The van der Waals surface area contributed by atoms with Gasteiger partial charge < -0.3 is 5.32 Å². The molecule has 1 heteroatoms. The molecule has 0 amide bonds. The van der Waals surface area contributed by atoms with Crippen LogP contribution >= 0.6 is 0 Å². The summed E-state index contributed by atoms with van der Waals surface area (Å²) in [5, 5.41) is 3.23. The summed E-state index contributed by atoms with van der Waals surface area (Å²) >= 11 is 0. The maximum Gasteiger partial charge on any atom is -0.00461 e. The third-order valence-corrected chi connectivity index (χ3v) is 3.10. The van der Waals surface area contributed by atoms with Crippen LogP contribution in [0.3, 0.4) is 0 Å². The van der Waals surface area contributed by atoms with Crippen LogP contribution in [-0.2, 0) is 0 Å². The summed E-state index contributed by atoms with van der Waals surface area (Å²) in [5.74, 6) is 0.707. The van der Waals surface area contributed by atoms with Gasteiger partial charge in [0.1, 0.15) is 0 Å². The molecule has 0 saturated heterocycles. The minimum atomic E-state index is 0.707. The van der Waals surface area contributed by atoms with E-state index in [1.54, 1.807) is 0 Å². The second-order valence-electron chi connectivity index (χ2n) is 4.36. The average Bonchev–Trinajstić information content (AvgIpc) is 2.21. The summed E-state index contributed by atoms with van der Waals surface area (Å²) < 4.78 is 0. The van der Waals surface area contributed by atoms with Crippen LogP contribution in [0, 0.1) is 13.8 Å². The number of aryl methyl sites for hydroxylation is 2. The maximum atomic E-state index is 3.23. The topological polar surface area (TPSA) is 12.0 Å². The standard InChI is InChI=1S/C14H23N/c1-5-13(8-9-15-4)14-7-6-11(2)10-12(14)3/h6-7,10,13,15H,5,8-9H2,1-4H3. The smallest absolute Gasteiger partial charge is 0.00461 e. The molecule has 1 nitrogen and oxygen atoms in total. The fraction of sp³-hybridized carbons (Fsp3) is 0.571. The van der Waals surface area contributed by atoms with Gasteiger partial charge in [-0.05, 0) is 57.3 Å². The molecule has 0 fully saturated rings. The van der Waals surface area contributed by atoms with Gasteiger partial charge in [-0.3, -0.25) is 0 Å². The Morgan fingerprint density at radius 2 is 2.00 bits per heavy atom. The normalized spacial score (nSPS) is 12.8. The molecule has 1 atom stereocenters. The van der Waals surface area contributed by atoms with E-state index in [1.165, 1.54) is 29.5 Å². The van der Waals surface area contributed by atoms with E-state index in [0.29, 0.717) is 5.92 Å². The minimum absolute atomic E-state index is 0.707. The van der Waals surface area contributed by atoms with Crippen molar-refractivity contribution in [1.82, 2.24) is 5.32 Å². The van der Waals surface area contributed by atoms with E-state index in [1.807, 2.05) is 7.05 Å². The third-order valence-electron chi connectivity index (χ3n) is 3.10. The van der Waals surface area contributed by atoms with Crippen molar-refractivity contribution in [3.8, 4) is 0 Å². The molecule has 84 valence electrons. The zero-order valence-electron chi connectivity index (χ0n) is 10.4. The van der Waals surface area contributed by atoms with Crippen LogP contribution in [0.25, 0.3) is 0 Å². The number of hydrogen-bond acceptors (Lipinski definition) is 1. The highest BCUT2D eigenvalue weighted by Crippen LogP contribution is 2.26. The highest BCUT2D eigenvalue weighted by molar-refractivity contribution is 5.33. The summed E-state index contributed by atoms with van der Waals surface area (Å²) in [6.07, 6.45) is 2.46. The minimum Gasteiger partial charge on any atom is -0.320 e. The molecule has 0 aromatic heterocycles. The first-order chi connectivity index (χ1) is 7.19. The lowest BCUT2D eigenvalue weighted by Gasteiger charge is -2.18. The van der Waals surface area contributed by atoms with Crippen LogP contribution in [-0.4, -0.2) is 13.6 Å². The fourth-order valence-electron chi connectivity index (χ4n) is 2.18. The van der Waals surface area contributed by atoms with Crippen molar-refractivity contribution in [3.63, 3.8) is 0 Å². The zero-order valence-corrected chi connectivity index (χ0v) is 10.4. The van der Waals surface area contributed by atoms with E-state index in [4.69, 9.17) is 0 Å². The Kier molecular flexibility index (Phi) is 4.83. The number of nitrogens with one attached hydrogen (secondary N) is 1. The Morgan fingerprint density at radius 3 is 2.53 bits per heavy atom. The van der Waals surface area contributed by atoms with E-state index in [9.17, 15) is 0 Å². The number of benzene rings is 1. The van der Waals surface area contributed by atoms with Gasteiger partial charge in [0.2, 0.25) is 0 Å². The van der Waals surface area contributed by atoms with E-state index in [0.717, 1.165) is 6.54 Å². The van der Waals surface area contributed by atoms with Crippen molar-refractivity contribution in [2.24, 2.45) is 0 Å². The summed E-state index contributed by atoms with van der Waals surface area (Å²) in [4.78, 5) is 0. The summed E-state index contributed by atoms with van der Waals surface area (Å²) in [6, 6.07) is 6.82. The van der Waals surface area contributed by atoms with Gasteiger partial charge in [-0.2, -0.15) is 0 Å². The number of hydrogen-bond donors (Lipinski definition) is 1. The Bertz CT molecular complexity index is 304. The molecular formula is C14H23N. The first-order valence-electron chi connectivity index (χ1n) is 5.90. The Morgan fingerprint density at radius 1 is 1.27 bits per heavy atom. The molecule has 0 aliphatic carbocycles. The Balaban J connectivity index is 2.81. The lowest BCUT2D eigenvalue weighted by atomic mass is 9.89. The summed E-state index contributed by atoms with van der Waals surface area (Å²) in [6.45, 7) is 7.77. The molecule has 0 spiro atoms. The van der Waals surface area contributed by atoms with Gasteiger partial charge in [0.15, 0.2) is 0 Å². The monoisotopic (exact) mass is 205 g/mol. The van der Waals surface area contributed by atoms with Crippen LogP contribution in [0.5, 0.6) is 0 Å². The van der Waals surface area contributed by atoms with E-state index < -0.39 is 0 Å². The molecule has 1 aromatic carbocycles. The molecule has 1 rings (SSSR count). The lowest BCUT2D eigenvalue weighted by molar-refractivity contribution is 0.578. The largest absolute Gasteiger partial charge is 0.320 e. The molecule has 0 bridgehead atoms. The quantitative estimate of drug-likeness (QED) is 0.777. The third kappa shape index (κ3) is 3.35. The maximum absolute atomic E-state index is 3.23. The van der Waals surface area contributed by atoms with Crippen LogP contribution < -0.4 is 5.32 Å². The molecular weight excluding hydrogens is 182 g/mol. The van der Waals surface area contributed by atoms with Crippen molar-refractivity contribution in [1.29, 1.82) is 0 Å². The van der Waals surface area contributed by atoms with Crippen molar-refractivity contribution in [2.75, 3.05) is 13.6 Å². The molecule has 1 aromatic rings. The molecule has 15 heavy (non-hydrogen) atoms. The predicted molar refractivity (Wildman–Crippen MR) is 67.5 cm³/mol. The average molecular weight is 205 g/mol. The fourth-order valence-corrected chi connectivity index (χ4v) is 2.18.